The van der Waals surface area contributed by atoms with E-state index in [-0.39, 0.29) is 11.8 Å². The highest BCUT2D eigenvalue weighted by Crippen LogP contribution is 2.36. The zero-order chi connectivity index (χ0) is 27.0. The van der Waals surface area contributed by atoms with Crippen LogP contribution in [0.5, 0.6) is 11.6 Å². The fourth-order valence-electron chi connectivity index (χ4n) is 4.57. The Labute approximate surface area is 226 Å². The molecule has 1 aliphatic heterocycles. The number of aliphatic imine (C=N–C) groups is 1. The highest BCUT2D eigenvalue weighted by atomic mass is 35.5. The summed E-state index contributed by atoms with van der Waals surface area (Å²) in [6.07, 6.45) is 0. The quantitative estimate of drug-likeness (QED) is 0.340. The number of carbonyl (C=O) groups is 1. The van der Waals surface area contributed by atoms with Crippen molar-refractivity contribution in [2.75, 3.05) is 57.7 Å². The lowest BCUT2D eigenvalue weighted by Crippen LogP contribution is -2.34. The summed E-state index contributed by atoms with van der Waals surface area (Å²) < 4.78 is 5.95. The van der Waals surface area contributed by atoms with E-state index in [1.807, 2.05) is 74.6 Å². The van der Waals surface area contributed by atoms with E-state index in [1.54, 1.807) is 24.1 Å². The maximum Gasteiger partial charge on any atom is 0.240 e. The van der Waals surface area contributed by atoms with Crippen molar-refractivity contribution in [3.8, 4) is 11.6 Å². The molecule has 0 fully saturated rings. The summed E-state index contributed by atoms with van der Waals surface area (Å²) in [6.45, 7) is 1.73. The summed E-state index contributed by atoms with van der Waals surface area (Å²) in [5.41, 5.74) is 5.12. The first-order valence-electron chi connectivity index (χ1n) is 12.3. The number of aromatic hydroxyl groups is 1. The zero-order valence-corrected chi connectivity index (χ0v) is 22.6. The lowest BCUT2D eigenvalue weighted by Gasteiger charge is -2.28. The van der Waals surface area contributed by atoms with E-state index in [4.69, 9.17) is 21.3 Å². The summed E-state index contributed by atoms with van der Waals surface area (Å²) in [7, 11) is 7.52. The topological polar surface area (TPSA) is 84.4 Å². The molecule has 0 bridgehead atoms. The smallest absolute Gasteiger partial charge is 0.240 e. The zero-order valence-electron chi connectivity index (χ0n) is 21.8. The molecule has 0 spiro atoms. The molecule has 196 valence electrons. The average molecular weight is 532 g/mol. The van der Waals surface area contributed by atoms with Crippen LogP contribution >= 0.6 is 11.6 Å². The highest BCUT2D eigenvalue weighted by Gasteiger charge is 2.22. The van der Waals surface area contributed by atoms with Gasteiger partial charge in [-0.25, -0.2) is 4.99 Å². The van der Waals surface area contributed by atoms with E-state index in [2.05, 4.69) is 9.88 Å². The maximum absolute atomic E-state index is 12.5. The van der Waals surface area contributed by atoms with Gasteiger partial charge in [-0.2, -0.15) is 0 Å². The van der Waals surface area contributed by atoms with Gasteiger partial charge in [0.05, 0.1) is 41.3 Å². The Bertz CT molecular complexity index is 1530. The number of anilines is 2. The van der Waals surface area contributed by atoms with Crippen molar-refractivity contribution in [2.24, 2.45) is 4.99 Å². The lowest BCUT2D eigenvalue weighted by atomic mass is 9.99. The van der Waals surface area contributed by atoms with Gasteiger partial charge in [0, 0.05) is 35.8 Å². The van der Waals surface area contributed by atoms with Crippen molar-refractivity contribution in [3.63, 3.8) is 0 Å². The average Bonchev–Trinajstić information content (AvgIpc) is 3.21. The molecule has 0 unspecified atom stereocenters. The van der Waals surface area contributed by atoms with Crippen LogP contribution in [-0.4, -0.2) is 74.5 Å². The van der Waals surface area contributed by atoms with Crippen molar-refractivity contribution in [2.45, 2.75) is 0 Å². The SMILES string of the molecule is CN(C)CC(=O)N(C)c1ccc(N=C(c2ccc3c(c2)OCCN3C)c2c(O)[nH]c3cc(Cl)ccc23)cc1. The van der Waals surface area contributed by atoms with Crippen LogP contribution in [0.25, 0.3) is 10.9 Å². The third-order valence-corrected chi connectivity index (χ3v) is 6.84. The molecule has 38 heavy (non-hydrogen) atoms. The minimum atomic E-state index is -0.00616. The van der Waals surface area contributed by atoms with Crippen LogP contribution in [0.15, 0.2) is 65.7 Å². The molecule has 0 atom stereocenters. The highest BCUT2D eigenvalue weighted by molar-refractivity contribution is 6.31. The fraction of sp³-hybridized carbons (Fsp3) is 0.241. The molecule has 1 aromatic heterocycles. The second-order valence-corrected chi connectivity index (χ2v) is 10.1. The van der Waals surface area contributed by atoms with Gasteiger partial charge in [-0.3, -0.25) is 4.79 Å². The normalized spacial score (nSPS) is 13.5. The van der Waals surface area contributed by atoms with Gasteiger partial charge in [-0.15, -0.1) is 0 Å². The van der Waals surface area contributed by atoms with Crippen LogP contribution < -0.4 is 14.5 Å². The molecule has 4 aromatic rings. The molecule has 2 N–H and O–H groups in total. The summed E-state index contributed by atoms with van der Waals surface area (Å²) >= 11 is 6.21. The molecule has 8 nitrogen and oxygen atoms in total. The van der Waals surface area contributed by atoms with Crippen LogP contribution in [0.2, 0.25) is 5.02 Å². The number of hydrogen-bond acceptors (Lipinski definition) is 6. The van der Waals surface area contributed by atoms with E-state index < -0.39 is 0 Å². The Morgan fingerprint density at radius 3 is 2.61 bits per heavy atom. The van der Waals surface area contributed by atoms with Crippen molar-refractivity contribution < 1.29 is 14.6 Å². The number of likely N-dealkylation sites (N-methyl/N-ethyl adjacent to an activating group) is 3. The lowest BCUT2D eigenvalue weighted by molar-refractivity contribution is -0.118. The molecule has 5 rings (SSSR count). The molecule has 1 aliphatic rings. The largest absolute Gasteiger partial charge is 0.494 e. The Kier molecular flexibility index (Phi) is 7.01. The van der Waals surface area contributed by atoms with Gasteiger partial charge in [-0.05, 0) is 62.6 Å². The first-order valence-corrected chi connectivity index (χ1v) is 12.7. The van der Waals surface area contributed by atoms with E-state index in [0.717, 1.165) is 34.6 Å². The van der Waals surface area contributed by atoms with Gasteiger partial charge in [0.15, 0.2) is 5.88 Å². The molecule has 1 amide bonds. The number of rotatable bonds is 6. The van der Waals surface area contributed by atoms with Crippen molar-refractivity contribution in [3.05, 3.63) is 76.8 Å². The van der Waals surface area contributed by atoms with Crippen LogP contribution in [0, 0.1) is 0 Å². The summed E-state index contributed by atoms with van der Waals surface area (Å²) in [5, 5.41) is 12.4. The molecule has 0 saturated heterocycles. The maximum atomic E-state index is 12.5. The Morgan fingerprint density at radius 2 is 1.87 bits per heavy atom. The third-order valence-electron chi connectivity index (χ3n) is 6.61. The number of amides is 1. The Hall–Kier alpha value is -4.01. The molecule has 0 aliphatic carbocycles. The van der Waals surface area contributed by atoms with E-state index >= 15 is 0 Å². The molecule has 0 saturated carbocycles. The van der Waals surface area contributed by atoms with Crippen LogP contribution in [0.4, 0.5) is 17.1 Å². The first-order chi connectivity index (χ1) is 18.2. The van der Waals surface area contributed by atoms with Crippen molar-refractivity contribution in [1.82, 2.24) is 9.88 Å². The van der Waals surface area contributed by atoms with Gasteiger partial charge in [-0.1, -0.05) is 23.7 Å². The number of halogens is 1. The summed E-state index contributed by atoms with van der Waals surface area (Å²) in [5.74, 6) is 0.762. The summed E-state index contributed by atoms with van der Waals surface area (Å²) in [6, 6.07) is 18.8. The van der Waals surface area contributed by atoms with Gasteiger partial charge in [0.1, 0.15) is 12.4 Å². The van der Waals surface area contributed by atoms with Crippen LogP contribution in [0.3, 0.4) is 0 Å². The number of aromatic amines is 1. The Morgan fingerprint density at radius 1 is 1.11 bits per heavy atom. The minimum Gasteiger partial charge on any atom is -0.494 e. The number of nitrogens with zero attached hydrogens (tertiary/aromatic N) is 4. The van der Waals surface area contributed by atoms with Gasteiger partial charge in [0.2, 0.25) is 5.91 Å². The minimum absolute atomic E-state index is 0.00223. The number of ether oxygens (including phenoxy) is 1. The monoisotopic (exact) mass is 531 g/mol. The number of hydrogen-bond donors (Lipinski definition) is 2. The van der Waals surface area contributed by atoms with Crippen molar-refractivity contribution in [1.29, 1.82) is 0 Å². The van der Waals surface area contributed by atoms with Gasteiger partial charge < -0.3 is 29.5 Å². The molecule has 3 aromatic carbocycles. The van der Waals surface area contributed by atoms with Gasteiger partial charge >= 0.3 is 0 Å². The number of benzene rings is 3. The second-order valence-electron chi connectivity index (χ2n) is 9.66. The third kappa shape index (κ3) is 5.05. The van der Waals surface area contributed by atoms with Gasteiger partial charge in [0.25, 0.3) is 0 Å². The van der Waals surface area contributed by atoms with E-state index in [9.17, 15) is 9.90 Å². The number of H-pyrrole nitrogens is 1. The predicted octanol–water partition coefficient (Wildman–Crippen LogP) is 5.05. The number of nitrogens with one attached hydrogen (secondary N) is 1. The first kappa shape index (κ1) is 25.6. The fourth-order valence-corrected chi connectivity index (χ4v) is 4.74. The standard InChI is InChI=1S/C29H30ClN5O3/c1-33(2)17-26(36)35(4)21-9-7-20(8-10-21)31-28(18-5-12-24-25(15-18)38-14-13-34(24)3)27-22-11-6-19(30)16-23(22)32-29(27)37/h5-12,15-16,32,37H,13-14,17H2,1-4H3. The van der Waals surface area contributed by atoms with Crippen LogP contribution in [-0.2, 0) is 4.79 Å². The number of aromatic nitrogens is 1. The molecular formula is C29H30ClN5O3. The van der Waals surface area contributed by atoms with Crippen molar-refractivity contribution >= 4 is 51.2 Å². The molecule has 0 radical (unpaired) electrons. The molecular weight excluding hydrogens is 502 g/mol. The molecule has 2 heterocycles. The van der Waals surface area contributed by atoms with E-state index in [1.165, 1.54) is 0 Å². The van der Waals surface area contributed by atoms with E-state index in [0.29, 0.717) is 40.7 Å². The predicted molar refractivity (Wildman–Crippen MR) is 154 cm³/mol. The second kappa shape index (κ2) is 10.4. The number of fused-ring (bicyclic) bond motifs is 2. The summed E-state index contributed by atoms with van der Waals surface area (Å²) in [4.78, 5) is 26.1. The number of carbonyl (C=O) groups excluding carboxylic acids is 1. The van der Waals surface area contributed by atoms with Crippen LogP contribution in [0.1, 0.15) is 11.1 Å². The Balaban J connectivity index is 1.60. The molecule has 9 heteroatoms.